The molecule has 0 fully saturated rings. The Kier molecular flexibility index (Phi) is 3.14. The largest absolute Gasteiger partial charge is 0.353 e. The number of fused-ring (bicyclic) bond motifs is 1. The first-order valence-electron chi connectivity index (χ1n) is 6.23. The molecule has 0 bridgehead atoms. The van der Waals surface area contributed by atoms with Gasteiger partial charge in [-0.1, -0.05) is 39.7 Å². The lowest BCUT2D eigenvalue weighted by molar-refractivity contribution is 0.426. The normalized spacial score (nSPS) is 11.4. The molecule has 110 valence electrons. The highest BCUT2D eigenvalue weighted by molar-refractivity contribution is 7.19. The van der Waals surface area contributed by atoms with Gasteiger partial charge >= 0.3 is 0 Å². The van der Waals surface area contributed by atoms with E-state index < -0.39 is 0 Å². The van der Waals surface area contributed by atoms with Crippen molar-refractivity contribution in [1.82, 2.24) is 25.0 Å². The summed E-state index contributed by atoms with van der Waals surface area (Å²) in [5.74, 6) is 1.15. The summed E-state index contributed by atoms with van der Waals surface area (Å²) in [5.41, 5.74) is 1.51. The summed E-state index contributed by atoms with van der Waals surface area (Å²) in [6, 6.07) is 7.02. The molecule has 9 heteroatoms. The Bertz CT molecular complexity index is 990. The lowest BCUT2D eigenvalue weighted by Crippen LogP contribution is -1.91. The third kappa shape index (κ3) is 2.18. The molecule has 0 aliphatic carbocycles. The molecule has 6 nitrogen and oxygen atoms in total. The first kappa shape index (κ1) is 13.7. The molecular weight excluding hydrogens is 345 g/mol. The molecule has 0 aliphatic heterocycles. The summed E-state index contributed by atoms with van der Waals surface area (Å²) < 4.78 is 6.86. The molecule has 0 N–H and O–H groups in total. The van der Waals surface area contributed by atoms with Crippen LogP contribution in [-0.4, -0.2) is 25.0 Å². The predicted octanol–water partition coefficient (Wildman–Crippen LogP) is 4.12. The van der Waals surface area contributed by atoms with Crippen LogP contribution in [0.15, 0.2) is 28.8 Å². The van der Waals surface area contributed by atoms with Crippen molar-refractivity contribution in [2.75, 3.05) is 0 Å². The van der Waals surface area contributed by atoms with Crippen molar-refractivity contribution in [3.8, 4) is 22.2 Å². The van der Waals surface area contributed by atoms with Gasteiger partial charge < -0.3 is 4.52 Å². The minimum absolute atomic E-state index is 0.492. The molecule has 3 heterocycles. The molecule has 3 aromatic heterocycles. The van der Waals surface area contributed by atoms with Crippen LogP contribution in [0.3, 0.4) is 0 Å². The van der Waals surface area contributed by atoms with E-state index in [0.29, 0.717) is 37.2 Å². The van der Waals surface area contributed by atoms with Crippen LogP contribution in [0, 0.1) is 6.92 Å². The first-order valence-corrected chi connectivity index (χ1v) is 7.80. The SMILES string of the molecule is Cc1cc(-c2nn3c(-c4ccc(Cl)cc4Cl)nnc3s2)on1. The molecule has 0 aliphatic rings. The second-order valence-corrected chi connectivity index (χ2v) is 6.38. The monoisotopic (exact) mass is 351 g/mol. The third-order valence-corrected chi connectivity index (χ3v) is 4.46. The van der Waals surface area contributed by atoms with Gasteiger partial charge in [-0.25, -0.2) is 0 Å². The number of halogens is 2. The second kappa shape index (κ2) is 5.05. The number of rotatable bonds is 2. The number of aromatic nitrogens is 5. The summed E-state index contributed by atoms with van der Waals surface area (Å²) in [6.07, 6.45) is 0. The van der Waals surface area contributed by atoms with Crippen molar-refractivity contribution in [2.45, 2.75) is 6.92 Å². The number of benzene rings is 1. The van der Waals surface area contributed by atoms with Crippen molar-refractivity contribution in [1.29, 1.82) is 0 Å². The molecule has 0 saturated heterocycles. The predicted molar refractivity (Wildman–Crippen MR) is 84.3 cm³/mol. The van der Waals surface area contributed by atoms with E-state index in [0.717, 1.165) is 5.69 Å². The highest BCUT2D eigenvalue weighted by Crippen LogP contribution is 2.32. The lowest BCUT2D eigenvalue weighted by Gasteiger charge is -2.00. The number of hydrogen-bond donors (Lipinski definition) is 0. The van der Waals surface area contributed by atoms with Crippen LogP contribution in [0.2, 0.25) is 10.0 Å². The summed E-state index contributed by atoms with van der Waals surface area (Å²) in [5, 5.41) is 18.3. The fraction of sp³-hybridized carbons (Fsp3) is 0.0769. The van der Waals surface area contributed by atoms with Crippen LogP contribution in [0.4, 0.5) is 0 Å². The molecule has 0 amide bonds. The fourth-order valence-corrected chi connectivity index (χ4v) is 3.30. The van der Waals surface area contributed by atoms with Crippen LogP contribution in [0.5, 0.6) is 0 Å². The zero-order valence-electron chi connectivity index (χ0n) is 11.1. The van der Waals surface area contributed by atoms with Crippen molar-refractivity contribution < 1.29 is 4.52 Å². The van der Waals surface area contributed by atoms with Crippen molar-refractivity contribution >= 4 is 39.5 Å². The van der Waals surface area contributed by atoms with E-state index in [2.05, 4.69) is 20.5 Å². The van der Waals surface area contributed by atoms with Gasteiger partial charge in [0, 0.05) is 16.7 Å². The van der Waals surface area contributed by atoms with Crippen molar-refractivity contribution in [3.63, 3.8) is 0 Å². The maximum Gasteiger partial charge on any atom is 0.235 e. The summed E-state index contributed by atoms with van der Waals surface area (Å²) in [7, 11) is 0. The van der Waals surface area contributed by atoms with Crippen molar-refractivity contribution in [3.05, 3.63) is 40.0 Å². The highest BCUT2D eigenvalue weighted by Gasteiger charge is 2.18. The quantitative estimate of drug-likeness (QED) is 0.543. The summed E-state index contributed by atoms with van der Waals surface area (Å²) >= 11 is 13.5. The Hall–Kier alpha value is -1.96. The summed E-state index contributed by atoms with van der Waals surface area (Å²) in [4.78, 5) is 0.644. The smallest absolute Gasteiger partial charge is 0.235 e. The standard InChI is InChI=1S/C13H7Cl2N5OS/c1-6-4-10(21-19-6)12-18-20-11(16-17-13(20)22-12)8-3-2-7(14)5-9(8)15/h2-5H,1H3. The van der Waals surface area contributed by atoms with Gasteiger partial charge in [-0.05, 0) is 25.1 Å². The molecule has 0 radical (unpaired) electrons. The minimum Gasteiger partial charge on any atom is -0.353 e. The topological polar surface area (TPSA) is 69.1 Å². The van der Waals surface area contributed by atoms with E-state index in [-0.39, 0.29) is 0 Å². The number of hydrogen-bond acceptors (Lipinski definition) is 6. The number of nitrogens with zero attached hydrogens (tertiary/aromatic N) is 5. The van der Waals surface area contributed by atoms with Crippen LogP contribution in [-0.2, 0) is 0 Å². The second-order valence-electron chi connectivity index (χ2n) is 4.58. The van der Waals surface area contributed by atoms with Crippen LogP contribution >= 0.6 is 34.5 Å². The van der Waals surface area contributed by atoms with Gasteiger partial charge in [0.25, 0.3) is 0 Å². The number of aryl methyl sites for hydroxylation is 1. The Balaban J connectivity index is 1.87. The summed E-state index contributed by atoms with van der Waals surface area (Å²) in [6.45, 7) is 1.85. The molecule has 0 unspecified atom stereocenters. The minimum atomic E-state index is 0.492. The van der Waals surface area contributed by atoms with Crippen LogP contribution < -0.4 is 0 Å². The molecule has 0 atom stereocenters. The molecule has 22 heavy (non-hydrogen) atoms. The van der Waals surface area contributed by atoms with E-state index in [9.17, 15) is 0 Å². The van der Waals surface area contributed by atoms with E-state index in [1.54, 1.807) is 22.7 Å². The Labute approximate surface area is 138 Å². The van der Waals surface area contributed by atoms with Gasteiger partial charge in [0.15, 0.2) is 16.6 Å². The Morgan fingerprint density at radius 1 is 1.18 bits per heavy atom. The Morgan fingerprint density at radius 3 is 2.77 bits per heavy atom. The fourth-order valence-electron chi connectivity index (χ4n) is 2.02. The van der Waals surface area contributed by atoms with Gasteiger partial charge in [-0.3, -0.25) is 0 Å². The molecular formula is C13H7Cl2N5OS. The van der Waals surface area contributed by atoms with Gasteiger partial charge in [0.05, 0.1) is 10.7 Å². The third-order valence-electron chi connectivity index (χ3n) is 3.00. The first-order chi connectivity index (χ1) is 10.6. The lowest BCUT2D eigenvalue weighted by atomic mass is 10.2. The molecule has 0 spiro atoms. The van der Waals surface area contributed by atoms with E-state index in [4.69, 9.17) is 27.7 Å². The van der Waals surface area contributed by atoms with Gasteiger partial charge in [-0.15, -0.1) is 15.3 Å². The highest BCUT2D eigenvalue weighted by atomic mass is 35.5. The van der Waals surface area contributed by atoms with Gasteiger partial charge in [0.1, 0.15) is 0 Å². The van der Waals surface area contributed by atoms with Crippen LogP contribution in [0.1, 0.15) is 5.69 Å². The molecule has 0 saturated carbocycles. The van der Waals surface area contributed by atoms with E-state index >= 15 is 0 Å². The van der Waals surface area contributed by atoms with E-state index in [1.807, 2.05) is 13.0 Å². The zero-order chi connectivity index (χ0) is 15.3. The maximum absolute atomic E-state index is 6.23. The Morgan fingerprint density at radius 2 is 2.05 bits per heavy atom. The van der Waals surface area contributed by atoms with Gasteiger partial charge in [-0.2, -0.15) is 4.52 Å². The molecule has 1 aromatic carbocycles. The van der Waals surface area contributed by atoms with E-state index in [1.165, 1.54) is 11.3 Å². The molecule has 4 rings (SSSR count). The average Bonchev–Trinajstić information content (AvgIpc) is 3.14. The van der Waals surface area contributed by atoms with Crippen molar-refractivity contribution in [2.24, 2.45) is 0 Å². The molecule has 4 aromatic rings. The van der Waals surface area contributed by atoms with Crippen LogP contribution in [0.25, 0.3) is 27.1 Å². The zero-order valence-corrected chi connectivity index (χ0v) is 13.4. The maximum atomic E-state index is 6.23. The van der Waals surface area contributed by atoms with Gasteiger partial charge in [0.2, 0.25) is 4.96 Å². The average molecular weight is 352 g/mol.